The van der Waals surface area contributed by atoms with E-state index in [1.54, 1.807) is 13.0 Å². The molecule has 0 radical (unpaired) electrons. The topological polar surface area (TPSA) is 61.4 Å². The SMILES string of the molecule is Cc1cc(F)cc(NC(=O)NCCC(O)C(C)C)c1. The first-order valence-corrected chi connectivity index (χ1v) is 6.38. The molecule has 1 unspecified atom stereocenters. The highest BCUT2D eigenvalue weighted by atomic mass is 19.1. The fraction of sp³-hybridized carbons (Fsp3) is 0.500. The third-order valence-corrected chi connectivity index (χ3v) is 2.80. The first-order chi connectivity index (χ1) is 8.88. The minimum Gasteiger partial charge on any atom is -0.393 e. The van der Waals surface area contributed by atoms with E-state index < -0.39 is 12.1 Å². The van der Waals surface area contributed by atoms with Gasteiger partial charge in [-0.1, -0.05) is 13.8 Å². The van der Waals surface area contributed by atoms with E-state index in [1.807, 2.05) is 13.8 Å². The third kappa shape index (κ3) is 5.70. The number of rotatable bonds is 5. The molecule has 4 nitrogen and oxygen atoms in total. The first-order valence-electron chi connectivity index (χ1n) is 6.38. The van der Waals surface area contributed by atoms with Gasteiger partial charge >= 0.3 is 6.03 Å². The maximum Gasteiger partial charge on any atom is 0.319 e. The van der Waals surface area contributed by atoms with Crippen LogP contribution in [-0.2, 0) is 0 Å². The Bertz CT molecular complexity index is 415. The number of hydrogen-bond donors (Lipinski definition) is 3. The minimum absolute atomic E-state index is 0.163. The summed E-state index contributed by atoms with van der Waals surface area (Å²) in [5, 5.41) is 14.8. The lowest BCUT2D eigenvalue weighted by Gasteiger charge is -2.14. The number of hydrogen-bond acceptors (Lipinski definition) is 2. The molecule has 1 aromatic rings. The number of amides is 2. The Morgan fingerprint density at radius 1 is 1.37 bits per heavy atom. The molecule has 0 aromatic heterocycles. The average molecular weight is 268 g/mol. The lowest BCUT2D eigenvalue weighted by Crippen LogP contribution is -2.32. The van der Waals surface area contributed by atoms with Gasteiger partial charge in [-0.2, -0.15) is 0 Å². The smallest absolute Gasteiger partial charge is 0.319 e. The second-order valence-corrected chi connectivity index (χ2v) is 5.00. The summed E-state index contributed by atoms with van der Waals surface area (Å²) in [6, 6.07) is 3.93. The summed E-state index contributed by atoms with van der Waals surface area (Å²) in [4.78, 5) is 11.6. The number of carbonyl (C=O) groups is 1. The van der Waals surface area contributed by atoms with Crippen LogP contribution in [0.25, 0.3) is 0 Å². The fourth-order valence-electron chi connectivity index (χ4n) is 1.65. The number of nitrogens with one attached hydrogen (secondary N) is 2. The summed E-state index contributed by atoms with van der Waals surface area (Å²) in [6.07, 6.45) is 0.0597. The molecule has 0 aliphatic heterocycles. The Balaban J connectivity index is 2.39. The highest BCUT2D eigenvalue weighted by Gasteiger charge is 2.09. The maximum absolute atomic E-state index is 13.1. The number of halogens is 1. The van der Waals surface area contributed by atoms with Gasteiger partial charge in [0, 0.05) is 12.2 Å². The predicted molar refractivity (Wildman–Crippen MR) is 73.6 cm³/mol. The Morgan fingerprint density at radius 3 is 2.63 bits per heavy atom. The second-order valence-electron chi connectivity index (χ2n) is 5.00. The molecule has 0 aliphatic rings. The van der Waals surface area contributed by atoms with Crippen LogP contribution in [0.1, 0.15) is 25.8 Å². The van der Waals surface area contributed by atoms with Crippen molar-refractivity contribution < 1.29 is 14.3 Å². The average Bonchev–Trinajstić information content (AvgIpc) is 2.26. The quantitative estimate of drug-likeness (QED) is 0.769. The van der Waals surface area contributed by atoms with Gasteiger partial charge in [-0.25, -0.2) is 9.18 Å². The summed E-state index contributed by atoms with van der Waals surface area (Å²) in [7, 11) is 0. The van der Waals surface area contributed by atoms with Crippen LogP contribution in [0.4, 0.5) is 14.9 Å². The number of aliphatic hydroxyl groups is 1. The second kappa shape index (κ2) is 7.09. The normalized spacial score (nSPS) is 12.3. The van der Waals surface area contributed by atoms with Gasteiger partial charge in [0.05, 0.1) is 6.10 Å². The summed E-state index contributed by atoms with van der Waals surface area (Å²) in [6.45, 7) is 5.96. The molecular formula is C14H21FN2O2. The van der Waals surface area contributed by atoms with E-state index in [2.05, 4.69) is 10.6 Å². The molecule has 106 valence electrons. The van der Waals surface area contributed by atoms with Crippen LogP contribution in [0, 0.1) is 18.7 Å². The molecule has 2 amide bonds. The van der Waals surface area contributed by atoms with Gasteiger partial charge in [-0.05, 0) is 43.0 Å². The van der Waals surface area contributed by atoms with Crippen LogP contribution < -0.4 is 10.6 Å². The van der Waals surface area contributed by atoms with Gasteiger partial charge in [-0.15, -0.1) is 0 Å². The molecule has 0 aliphatic carbocycles. The lowest BCUT2D eigenvalue weighted by molar-refractivity contribution is 0.117. The van der Waals surface area contributed by atoms with Crippen LogP contribution in [0.2, 0.25) is 0 Å². The number of urea groups is 1. The van der Waals surface area contributed by atoms with Crippen molar-refractivity contribution in [3.05, 3.63) is 29.6 Å². The standard InChI is InChI=1S/C14H21FN2O2/c1-9(2)13(18)4-5-16-14(19)17-12-7-10(3)6-11(15)8-12/h6-9,13,18H,4-5H2,1-3H3,(H2,16,17,19). The molecular weight excluding hydrogens is 247 g/mol. The Morgan fingerprint density at radius 2 is 2.05 bits per heavy atom. The Labute approximate surface area is 113 Å². The van der Waals surface area contributed by atoms with Crippen molar-refractivity contribution in [1.29, 1.82) is 0 Å². The summed E-state index contributed by atoms with van der Waals surface area (Å²) in [5.41, 5.74) is 1.16. The summed E-state index contributed by atoms with van der Waals surface area (Å²) in [5.74, 6) is -0.221. The van der Waals surface area contributed by atoms with E-state index in [0.717, 1.165) is 5.56 Å². The molecule has 3 N–H and O–H groups in total. The zero-order chi connectivity index (χ0) is 14.4. The molecule has 0 saturated heterocycles. The van der Waals surface area contributed by atoms with Crippen molar-refractivity contribution in [2.45, 2.75) is 33.3 Å². The fourth-order valence-corrected chi connectivity index (χ4v) is 1.65. The van der Waals surface area contributed by atoms with Crippen LogP contribution in [0.5, 0.6) is 0 Å². The highest BCUT2D eigenvalue weighted by molar-refractivity contribution is 5.89. The molecule has 1 aromatic carbocycles. The van der Waals surface area contributed by atoms with Crippen molar-refractivity contribution in [3.63, 3.8) is 0 Å². The van der Waals surface area contributed by atoms with Gasteiger partial charge in [0.2, 0.25) is 0 Å². The summed E-state index contributed by atoms with van der Waals surface area (Å²) < 4.78 is 13.1. The van der Waals surface area contributed by atoms with Gasteiger partial charge < -0.3 is 15.7 Å². The van der Waals surface area contributed by atoms with Crippen molar-refractivity contribution in [2.24, 2.45) is 5.92 Å². The highest BCUT2D eigenvalue weighted by Crippen LogP contribution is 2.13. The van der Waals surface area contributed by atoms with Crippen LogP contribution in [-0.4, -0.2) is 23.8 Å². The molecule has 0 spiro atoms. The number of aryl methyl sites for hydroxylation is 1. The Hall–Kier alpha value is -1.62. The molecule has 0 fully saturated rings. The van der Waals surface area contributed by atoms with Gasteiger partial charge in [-0.3, -0.25) is 0 Å². The van der Waals surface area contributed by atoms with E-state index in [1.165, 1.54) is 12.1 Å². The molecule has 0 bridgehead atoms. The van der Waals surface area contributed by atoms with Crippen molar-refractivity contribution in [3.8, 4) is 0 Å². The zero-order valence-electron chi connectivity index (χ0n) is 11.5. The molecule has 0 heterocycles. The van der Waals surface area contributed by atoms with E-state index in [0.29, 0.717) is 18.7 Å². The third-order valence-electron chi connectivity index (χ3n) is 2.80. The number of aliphatic hydroxyl groups excluding tert-OH is 1. The van der Waals surface area contributed by atoms with Gasteiger partial charge in [0.15, 0.2) is 0 Å². The minimum atomic E-state index is -0.434. The molecule has 1 atom stereocenters. The maximum atomic E-state index is 13.1. The number of anilines is 1. The van der Waals surface area contributed by atoms with E-state index >= 15 is 0 Å². The van der Waals surface area contributed by atoms with E-state index in [-0.39, 0.29) is 11.7 Å². The van der Waals surface area contributed by atoms with Crippen molar-refractivity contribution in [1.82, 2.24) is 5.32 Å². The van der Waals surface area contributed by atoms with Crippen LogP contribution in [0.15, 0.2) is 18.2 Å². The van der Waals surface area contributed by atoms with E-state index in [9.17, 15) is 14.3 Å². The van der Waals surface area contributed by atoms with Crippen molar-refractivity contribution >= 4 is 11.7 Å². The first kappa shape index (κ1) is 15.4. The predicted octanol–water partition coefficient (Wildman–Crippen LogP) is 2.66. The van der Waals surface area contributed by atoms with E-state index in [4.69, 9.17) is 0 Å². The Kier molecular flexibility index (Phi) is 5.76. The van der Waals surface area contributed by atoms with Crippen molar-refractivity contribution in [2.75, 3.05) is 11.9 Å². The molecule has 5 heteroatoms. The monoisotopic (exact) mass is 268 g/mol. The number of carbonyl (C=O) groups excluding carboxylic acids is 1. The van der Waals surface area contributed by atoms with Gasteiger partial charge in [0.25, 0.3) is 0 Å². The lowest BCUT2D eigenvalue weighted by atomic mass is 10.0. The van der Waals surface area contributed by atoms with Crippen LogP contribution in [0.3, 0.4) is 0 Å². The summed E-state index contributed by atoms with van der Waals surface area (Å²) >= 11 is 0. The molecule has 0 saturated carbocycles. The van der Waals surface area contributed by atoms with Gasteiger partial charge in [0.1, 0.15) is 5.82 Å². The molecule has 19 heavy (non-hydrogen) atoms. The molecule has 1 rings (SSSR count). The largest absolute Gasteiger partial charge is 0.393 e. The zero-order valence-corrected chi connectivity index (χ0v) is 11.5. The number of benzene rings is 1. The van der Waals surface area contributed by atoms with Crippen LogP contribution >= 0.6 is 0 Å².